The summed E-state index contributed by atoms with van der Waals surface area (Å²) in [5, 5.41) is 2.82. The molecule has 168 valence electrons. The molecule has 2 heterocycles. The Morgan fingerprint density at radius 2 is 1.94 bits per heavy atom. The van der Waals surface area contributed by atoms with Crippen LogP contribution in [0.3, 0.4) is 0 Å². The number of alkyl halides is 3. The van der Waals surface area contributed by atoms with Crippen molar-refractivity contribution in [1.29, 1.82) is 0 Å². The fraction of sp³-hybridized carbons (Fsp3) is 0.304. The molecule has 4 rings (SSSR count). The SMILES string of the molecule is O=C(CN1C(=O)/C(=C\c2ccc(C(F)(F)F)cc2)Sc2ccccc21)NC[C@H]1CCCO1. The van der Waals surface area contributed by atoms with E-state index in [2.05, 4.69) is 5.32 Å². The molecule has 0 radical (unpaired) electrons. The monoisotopic (exact) mass is 462 g/mol. The second-order valence-corrected chi connectivity index (χ2v) is 8.61. The van der Waals surface area contributed by atoms with Gasteiger partial charge >= 0.3 is 6.18 Å². The van der Waals surface area contributed by atoms with Crippen LogP contribution < -0.4 is 10.2 Å². The molecule has 9 heteroatoms. The van der Waals surface area contributed by atoms with E-state index in [1.54, 1.807) is 18.2 Å². The molecule has 2 aliphatic heterocycles. The van der Waals surface area contributed by atoms with E-state index in [1.807, 2.05) is 12.1 Å². The Hall–Kier alpha value is -2.78. The number of nitrogens with zero attached hydrogens (tertiary/aromatic N) is 1. The normalized spacial score (nSPS) is 19.8. The lowest BCUT2D eigenvalue weighted by atomic mass is 10.1. The molecule has 2 amide bonds. The van der Waals surface area contributed by atoms with Crippen LogP contribution in [0.4, 0.5) is 18.9 Å². The van der Waals surface area contributed by atoms with Gasteiger partial charge in [0.25, 0.3) is 5.91 Å². The van der Waals surface area contributed by atoms with Gasteiger partial charge < -0.3 is 10.1 Å². The molecule has 0 aliphatic carbocycles. The predicted molar refractivity (Wildman–Crippen MR) is 116 cm³/mol. The summed E-state index contributed by atoms with van der Waals surface area (Å²) in [7, 11) is 0. The number of para-hydroxylation sites is 1. The van der Waals surface area contributed by atoms with E-state index in [0.717, 1.165) is 29.9 Å². The van der Waals surface area contributed by atoms with Crippen LogP contribution in [0.2, 0.25) is 0 Å². The third-order valence-corrected chi connectivity index (χ3v) is 6.30. The van der Waals surface area contributed by atoms with Gasteiger partial charge in [-0.1, -0.05) is 36.0 Å². The molecule has 1 N–H and O–H groups in total. The Labute approximate surface area is 187 Å². The number of anilines is 1. The minimum Gasteiger partial charge on any atom is -0.376 e. The zero-order valence-electron chi connectivity index (χ0n) is 17.0. The minimum atomic E-state index is -4.42. The Kier molecular flexibility index (Phi) is 6.57. The van der Waals surface area contributed by atoms with E-state index in [1.165, 1.54) is 28.8 Å². The van der Waals surface area contributed by atoms with Crippen molar-refractivity contribution in [2.75, 3.05) is 24.6 Å². The molecular weight excluding hydrogens is 441 g/mol. The Balaban J connectivity index is 1.53. The molecule has 2 aliphatic rings. The average molecular weight is 462 g/mol. The van der Waals surface area contributed by atoms with Crippen molar-refractivity contribution in [1.82, 2.24) is 5.32 Å². The third kappa shape index (κ3) is 5.16. The summed E-state index contributed by atoms with van der Waals surface area (Å²) in [5.41, 5.74) is 0.340. The summed E-state index contributed by atoms with van der Waals surface area (Å²) in [6.45, 7) is 0.923. The highest BCUT2D eigenvalue weighted by Crippen LogP contribution is 2.42. The molecular formula is C23H21F3N2O3S. The van der Waals surface area contributed by atoms with E-state index in [9.17, 15) is 22.8 Å². The quantitative estimate of drug-likeness (QED) is 0.666. The van der Waals surface area contributed by atoms with Gasteiger partial charge in [0, 0.05) is 18.0 Å². The second-order valence-electron chi connectivity index (χ2n) is 7.53. The van der Waals surface area contributed by atoms with Gasteiger partial charge in [-0.15, -0.1) is 0 Å². The number of carbonyl (C=O) groups excluding carboxylic acids is 2. The van der Waals surface area contributed by atoms with E-state index in [0.29, 0.717) is 29.3 Å². The zero-order valence-corrected chi connectivity index (χ0v) is 17.8. The predicted octanol–water partition coefficient (Wildman–Crippen LogP) is 4.48. The average Bonchev–Trinajstić information content (AvgIpc) is 3.29. The molecule has 2 aromatic rings. The first kappa shape index (κ1) is 22.4. The standard InChI is InChI=1S/C23H21F3N2O3S/c24-23(25,26)16-9-7-15(8-10-16)12-20-22(30)28(18-5-1-2-6-19(18)32-20)14-21(29)27-13-17-4-3-11-31-17/h1-2,5-10,12,17H,3-4,11,13-14H2,(H,27,29)/b20-12+/t17-/m1/s1. The first-order chi connectivity index (χ1) is 15.3. The highest BCUT2D eigenvalue weighted by molar-refractivity contribution is 8.04. The maximum Gasteiger partial charge on any atom is 0.416 e. The first-order valence-corrected chi connectivity index (χ1v) is 11.0. The van der Waals surface area contributed by atoms with Gasteiger partial charge in [-0.25, -0.2) is 0 Å². The summed E-state index contributed by atoms with van der Waals surface area (Å²) in [6.07, 6.45) is -1.03. The van der Waals surface area contributed by atoms with Crippen molar-refractivity contribution in [2.24, 2.45) is 0 Å². The summed E-state index contributed by atoms with van der Waals surface area (Å²) in [5.74, 6) is -0.676. The lowest BCUT2D eigenvalue weighted by Crippen LogP contribution is -2.44. The van der Waals surface area contributed by atoms with Gasteiger partial charge in [0.1, 0.15) is 6.54 Å². The summed E-state index contributed by atoms with van der Waals surface area (Å²) in [6, 6.07) is 11.8. The van der Waals surface area contributed by atoms with Gasteiger partial charge in [0.05, 0.1) is 22.3 Å². The fourth-order valence-corrected chi connectivity index (χ4v) is 4.63. The highest BCUT2D eigenvalue weighted by Gasteiger charge is 2.32. The number of hydrogen-bond acceptors (Lipinski definition) is 4. The van der Waals surface area contributed by atoms with E-state index >= 15 is 0 Å². The highest BCUT2D eigenvalue weighted by atomic mass is 32.2. The molecule has 2 aromatic carbocycles. The molecule has 5 nitrogen and oxygen atoms in total. The number of carbonyl (C=O) groups is 2. The van der Waals surface area contributed by atoms with Gasteiger partial charge in [-0.3, -0.25) is 14.5 Å². The van der Waals surface area contributed by atoms with Crippen LogP contribution >= 0.6 is 11.8 Å². The Morgan fingerprint density at radius 3 is 2.62 bits per heavy atom. The smallest absolute Gasteiger partial charge is 0.376 e. The molecule has 0 unspecified atom stereocenters. The number of thioether (sulfide) groups is 1. The largest absolute Gasteiger partial charge is 0.416 e. The van der Waals surface area contributed by atoms with Gasteiger partial charge in [-0.2, -0.15) is 13.2 Å². The number of amides is 2. The lowest BCUT2D eigenvalue weighted by molar-refractivity contribution is -0.137. The molecule has 1 atom stereocenters. The Bertz CT molecular complexity index is 1030. The third-order valence-electron chi connectivity index (χ3n) is 5.22. The minimum absolute atomic E-state index is 0.00558. The van der Waals surface area contributed by atoms with Gasteiger partial charge in [0.15, 0.2) is 0 Å². The second kappa shape index (κ2) is 9.38. The van der Waals surface area contributed by atoms with Crippen LogP contribution in [0.1, 0.15) is 24.0 Å². The molecule has 0 spiro atoms. The zero-order chi connectivity index (χ0) is 22.7. The van der Waals surface area contributed by atoms with Gasteiger partial charge in [0.2, 0.25) is 5.91 Å². The van der Waals surface area contributed by atoms with Crippen molar-refractivity contribution in [3.63, 3.8) is 0 Å². The van der Waals surface area contributed by atoms with E-state index < -0.39 is 11.7 Å². The van der Waals surface area contributed by atoms with Crippen molar-refractivity contribution in [3.05, 3.63) is 64.6 Å². The summed E-state index contributed by atoms with van der Waals surface area (Å²) in [4.78, 5) is 28.2. The van der Waals surface area contributed by atoms with Crippen LogP contribution in [0.5, 0.6) is 0 Å². The van der Waals surface area contributed by atoms with Crippen molar-refractivity contribution >= 4 is 35.3 Å². The van der Waals surface area contributed by atoms with Crippen LogP contribution in [0.25, 0.3) is 6.08 Å². The van der Waals surface area contributed by atoms with Crippen LogP contribution in [-0.4, -0.2) is 37.6 Å². The summed E-state index contributed by atoms with van der Waals surface area (Å²) < 4.78 is 43.9. The number of fused-ring (bicyclic) bond motifs is 1. The fourth-order valence-electron chi connectivity index (χ4n) is 3.57. The van der Waals surface area contributed by atoms with Crippen molar-refractivity contribution < 1.29 is 27.5 Å². The topological polar surface area (TPSA) is 58.6 Å². The number of ether oxygens (including phenoxy) is 1. The first-order valence-electron chi connectivity index (χ1n) is 10.2. The maximum absolute atomic E-state index is 13.2. The summed E-state index contributed by atoms with van der Waals surface area (Å²) >= 11 is 1.23. The number of benzene rings is 2. The van der Waals surface area contributed by atoms with Crippen LogP contribution in [0.15, 0.2) is 58.3 Å². The Morgan fingerprint density at radius 1 is 1.19 bits per heavy atom. The van der Waals surface area contributed by atoms with Gasteiger partial charge in [-0.05, 0) is 48.7 Å². The lowest BCUT2D eigenvalue weighted by Gasteiger charge is -2.30. The number of hydrogen-bond donors (Lipinski definition) is 1. The molecule has 1 saturated heterocycles. The molecule has 32 heavy (non-hydrogen) atoms. The maximum atomic E-state index is 13.2. The molecule has 0 bridgehead atoms. The number of nitrogens with one attached hydrogen (secondary N) is 1. The molecule has 1 fully saturated rings. The van der Waals surface area contributed by atoms with Crippen LogP contribution in [-0.2, 0) is 20.5 Å². The van der Waals surface area contributed by atoms with Crippen molar-refractivity contribution in [2.45, 2.75) is 30.0 Å². The molecule has 0 saturated carbocycles. The number of rotatable bonds is 5. The van der Waals surface area contributed by atoms with Crippen molar-refractivity contribution in [3.8, 4) is 0 Å². The van der Waals surface area contributed by atoms with Crippen LogP contribution in [0, 0.1) is 0 Å². The van der Waals surface area contributed by atoms with E-state index in [4.69, 9.17) is 4.74 Å². The van der Waals surface area contributed by atoms with E-state index in [-0.39, 0.29) is 24.5 Å². The number of halogens is 3. The molecule has 0 aromatic heterocycles.